The Kier molecular flexibility index (Phi) is 2.99. The van der Waals surface area contributed by atoms with E-state index in [0.29, 0.717) is 11.4 Å². The van der Waals surface area contributed by atoms with E-state index >= 15 is 0 Å². The van der Waals surface area contributed by atoms with Crippen LogP contribution < -0.4 is 4.90 Å². The molecule has 0 aromatic carbocycles. The van der Waals surface area contributed by atoms with Gasteiger partial charge in [0.15, 0.2) is 0 Å². The van der Waals surface area contributed by atoms with E-state index in [1.807, 2.05) is 66.2 Å². The summed E-state index contributed by atoms with van der Waals surface area (Å²) in [6.45, 7) is 1.91. The van der Waals surface area contributed by atoms with Crippen molar-refractivity contribution in [1.82, 2.24) is 9.38 Å². The molecule has 0 radical (unpaired) electrons. The molecule has 0 aliphatic heterocycles. The van der Waals surface area contributed by atoms with Crippen molar-refractivity contribution in [2.75, 3.05) is 11.9 Å². The van der Waals surface area contributed by atoms with E-state index in [1.165, 1.54) is 0 Å². The van der Waals surface area contributed by atoms with Crippen molar-refractivity contribution in [2.24, 2.45) is 0 Å². The van der Waals surface area contributed by atoms with Crippen LogP contribution in [0.5, 0.6) is 0 Å². The number of aromatic nitrogens is 2. The number of carbonyl (C=O) groups is 1. The number of carbonyl (C=O) groups excluding carboxylic acids is 1. The van der Waals surface area contributed by atoms with Crippen molar-refractivity contribution in [3.8, 4) is 0 Å². The van der Waals surface area contributed by atoms with Crippen LogP contribution in [0.1, 0.15) is 16.1 Å². The zero-order chi connectivity index (χ0) is 14.1. The lowest BCUT2D eigenvalue weighted by atomic mass is 10.2. The molecule has 0 bridgehead atoms. The summed E-state index contributed by atoms with van der Waals surface area (Å²) in [6.07, 6.45) is 3.76. The molecule has 0 aliphatic carbocycles. The number of aryl methyl sites for hydroxylation is 1. The normalized spacial score (nSPS) is 10.7. The summed E-state index contributed by atoms with van der Waals surface area (Å²) in [5.74, 6) is 0.594. The van der Waals surface area contributed by atoms with Crippen molar-refractivity contribution >= 4 is 17.2 Å². The van der Waals surface area contributed by atoms with Crippen molar-refractivity contribution in [2.45, 2.75) is 6.92 Å². The van der Waals surface area contributed by atoms with E-state index in [4.69, 9.17) is 0 Å². The highest BCUT2D eigenvalue weighted by Gasteiger charge is 2.16. The Morgan fingerprint density at radius 3 is 2.80 bits per heavy atom. The summed E-state index contributed by atoms with van der Waals surface area (Å²) in [4.78, 5) is 18.4. The molecular weight excluding hydrogens is 250 g/mol. The minimum atomic E-state index is -0.0631. The first-order valence-corrected chi connectivity index (χ1v) is 6.43. The topological polar surface area (TPSA) is 37.6 Å². The molecule has 1 amide bonds. The zero-order valence-corrected chi connectivity index (χ0v) is 11.4. The monoisotopic (exact) mass is 265 g/mol. The van der Waals surface area contributed by atoms with Gasteiger partial charge in [-0.2, -0.15) is 0 Å². The van der Waals surface area contributed by atoms with Crippen LogP contribution in [0.25, 0.3) is 5.52 Å². The van der Waals surface area contributed by atoms with E-state index in [9.17, 15) is 4.79 Å². The minimum Gasteiger partial charge on any atom is -0.323 e. The molecule has 100 valence electrons. The second-order valence-corrected chi connectivity index (χ2v) is 4.76. The van der Waals surface area contributed by atoms with Crippen LogP contribution >= 0.6 is 0 Å². The number of amides is 1. The van der Waals surface area contributed by atoms with Gasteiger partial charge in [-0.15, -0.1) is 0 Å². The predicted octanol–water partition coefficient (Wildman–Crippen LogP) is 2.92. The van der Waals surface area contributed by atoms with Gasteiger partial charge in [0.1, 0.15) is 5.82 Å². The second kappa shape index (κ2) is 4.81. The van der Waals surface area contributed by atoms with Crippen molar-refractivity contribution in [1.29, 1.82) is 0 Å². The quantitative estimate of drug-likeness (QED) is 0.714. The largest absolute Gasteiger partial charge is 0.323 e. The highest BCUT2D eigenvalue weighted by atomic mass is 16.2. The molecule has 4 nitrogen and oxygen atoms in total. The van der Waals surface area contributed by atoms with Crippen LogP contribution in [0.15, 0.2) is 54.9 Å². The lowest BCUT2D eigenvalue weighted by Crippen LogP contribution is -2.26. The number of pyridine rings is 2. The van der Waals surface area contributed by atoms with Crippen LogP contribution in [0.4, 0.5) is 5.82 Å². The van der Waals surface area contributed by atoms with Crippen LogP contribution in [0.3, 0.4) is 0 Å². The summed E-state index contributed by atoms with van der Waals surface area (Å²) in [6, 6.07) is 13.4. The van der Waals surface area contributed by atoms with Gasteiger partial charge in [-0.3, -0.25) is 9.69 Å². The van der Waals surface area contributed by atoms with Gasteiger partial charge in [0, 0.05) is 30.7 Å². The zero-order valence-electron chi connectivity index (χ0n) is 11.4. The third kappa shape index (κ3) is 2.16. The molecule has 0 saturated heterocycles. The molecule has 0 fully saturated rings. The third-order valence-electron chi connectivity index (χ3n) is 3.27. The highest BCUT2D eigenvalue weighted by Crippen LogP contribution is 2.16. The molecule has 4 heteroatoms. The molecule has 3 aromatic heterocycles. The smallest absolute Gasteiger partial charge is 0.260 e. The van der Waals surface area contributed by atoms with E-state index < -0.39 is 0 Å². The fourth-order valence-corrected chi connectivity index (χ4v) is 2.19. The van der Waals surface area contributed by atoms with Gasteiger partial charge in [-0.05, 0) is 37.3 Å². The fraction of sp³-hybridized carbons (Fsp3) is 0.125. The molecule has 3 aromatic rings. The highest BCUT2D eigenvalue weighted by molar-refractivity contribution is 6.06. The first-order chi connectivity index (χ1) is 9.65. The Bertz CT molecular complexity index is 743. The fourth-order valence-electron chi connectivity index (χ4n) is 2.19. The number of fused-ring (bicyclic) bond motifs is 1. The maximum atomic E-state index is 12.5. The van der Waals surface area contributed by atoms with Gasteiger partial charge in [-0.1, -0.05) is 12.1 Å². The Balaban J connectivity index is 1.95. The second-order valence-electron chi connectivity index (χ2n) is 4.76. The Hall–Kier alpha value is -2.62. The molecule has 3 heterocycles. The van der Waals surface area contributed by atoms with Gasteiger partial charge in [0.25, 0.3) is 5.91 Å². The van der Waals surface area contributed by atoms with E-state index in [2.05, 4.69) is 4.98 Å². The third-order valence-corrected chi connectivity index (χ3v) is 3.27. The molecule has 3 rings (SSSR count). The first kappa shape index (κ1) is 12.4. The van der Waals surface area contributed by atoms with Gasteiger partial charge >= 0.3 is 0 Å². The lowest BCUT2D eigenvalue weighted by Gasteiger charge is -2.15. The van der Waals surface area contributed by atoms with Crippen molar-refractivity contribution < 1.29 is 4.79 Å². The summed E-state index contributed by atoms with van der Waals surface area (Å²) in [7, 11) is 1.74. The molecule has 0 unspecified atom stereocenters. The lowest BCUT2D eigenvalue weighted by molar-refractivity contribution is 0.0992. The molecule has 0 saturated carbocycles. The summed E-state index contributed by atoms with van der Waals surface area (Å²) < 4.78 is 1.94. The standard InChI is InChI=1S/C16H15N3O/c1-12-6-5-8-15(17-12)18(2)16(20)13-10-14-7-3-4-9-19(14)11-13/h3-11H,1-2H3. The summed E-state index contributed by atoms with van der Waals surface area (Å²) in [5.41, 5.74) is 2.55. The predicted molar refractivity (Wildman–Crippen MR) is 79.1 cm³/mol. The average molecular weight is 265 g/mol. The van der Waals surface area contributed by atoms with E-state index in [-0.39, 0.29) is 5.91 Å². The Labute approximate surface area is 117 Å². The summed E-state index contributed by atoms with van der Waals surface area (Å²) in [5, 5.41) is 0. The molecule has 20 heavy (non-hydrogen) atoms. The Morgan fingerprint density at radius 2 is 2.05 bits per heavy atom. The van der Waals surface area contributed by atoms with Crippen molar-refractivity contribution in [3.63, 3.8) is 0 Å². The van der Waals surface area contributed by atoms with Gasteiger partial charge in [0.2, 0.25) is 0 Å². The van der Waals surface area contributed by atoms with Crippen LogP contribution in [0, 0.1) is 6.92 Å². The summed E-state index contributed by atoms with van der Waals surface area (Å²) >= 11 is 0. The number of anilines is 1. The van der Waals surface area contributed by atoms with Crippen LogP contribution in [-0.2, 0) is 0 Å². The maximum absolute atomic E-state index is 12.5. The number of hydrogen-bond acceptors (Lipinski definition) is 2. The van der Waals surface area contributed by atoms with Crippen molar-refractivity contribution in [3.05, 3.63) is 66.1 Å². The molecule has 0 aliphatic rings. The maximum Gasteiger partial charge on any atom is 0.260 e. The number of nitrogens with zero attached hydrogens (tertiary/aromatic N) is 3. The number of hydrogen-bond donors (Lipinski definition) is 0. The SMILES string of the molecule is Cc1cccc(N(C)C(=O)c2cc3ccccn3c2)n1. The van der Waals surface area contributed by atoms with Crippen LogP contribution in [0.2, 0.25) is 0 Å². The van der Waals surface area contributed by atoms with Gasteiger partial charge in [0.05, 0.1) is 5.56 Å². The first-order valence-electron chi connectivity index (χ1n) is 6.43. The molecule has 0 atom stereocenters. The number of rotatable bonds is 2. The van der Waals surface area contributed by atoms with Gasteiger partial charge in [-0.25, -0.2) is 4.98 Å². The Morgan fingerprint density at radius 1 is 1.20 bits per heavy atom. The average Bonchev–Trinajstić information content (AvgIpc) is 2.89. The van der Waals surface area contributed by atoms with E-state index in [1.54, 1.807) is 11.9 Å². The minimum absolute atomic E-state index is 0.0631. The van der Waals surface area contributed by atoms with E-state index in [0.717, 1.165) is 11.2 Å². The molecular formula is C16H15N3O. The molecule has 0 N–H and O–H groups in total. The van der Waals surface area contributed by atoms with Gasteiger partial charge < -0.3 is 4.40 Å². The molecule has 0 spiro atoms. The van der Waals surface area contributed by atoms with Crippen LogP contribution in [-0.4, -0.2) is 22.3 Å².